The first-order valence-corrected chi connectivity index (χ1v) is 24.0. The minimum Gasteiger partial charge on any atom is -0.358 e. The number of benzene rings is 4. The summed E-state index contributed by atoms with van der Waals surface area (Å²) >= 11 is 0. The van der Waals surface area contributed by atoms with Crippen LogP contribution in [0, 0.1) is 59.3 Å². The van der Waals surface area contributed by atoms with Crippen molar-refractivity contribution in [2.75, 3.05) is 0 Å². The van der Waals surface area contributed by atoms with Gasteiger partial charge in [-0.3, -0.25) is 0 Å². The summed E-state index contributed by atoms with van der Waals surface area (Å²) in [7, 11) is -2.46. The van der Waals surface area contributed by atoms with E-state index in [2.05, 4.69) is 110 Å². The van der Waals surface area contributed by atoms with Crippen LogP contribution < -0.4 is 10.4 Å². The van der Waals surface area contributed by atoms with Crippen LogP contribution in [0.15, 0.2) is 103 Å². The van der Waals surface area contributed by atoms with Gasteiger partial charge < -0.3 is 29.7 Å². The average molecular weight is 778 g/mol. The van der Waals surface area contributed by atoms with Crippen molar-refractivity contribution in [3.63, 3.8) is 0 Å². The number of hydrogen-bond donors (Lipinski definition) is 0. The van der Waals surface area contributed by atoms with Crippen LogP contribution in [0.25, 0.3) is 10.8 Å². The van der Waals surface area contributed by atoms with Crippen molar-refractivity contribution in [3.05, 3.63) is 138 Å². The molecule has 50 heavy (non-hydrogen) atoms. The molecule has 0 aliphatic heterocycles. The molecule has 0 N–H and O–H groups in total. The van der Waals surface area contributed by atoms with Crippen LogP contribution in [0.1, 0.15) is 95.5 Å². The van der Waals surface area contributed by atoms with E-state index < -0.39 is 16.6 Å². The zero-order valence-corrected chi connectivity index (χ0v) is 36.8. The predicted molar refractivity (Wildman–Crippen MR) is 225 cm³/mol. The van der Waals surface area contributed by atoms with Gasteiger partial charge in [-0.05, 0) is 82.2 Å². The fourth-order valence-electron chi connectivity index (χ4n) is 11.9. The molecule has 0 aromatic heterocycles. The molecule has 3 heteroatoms. The molecule has 0 radical (unpaired) electrons. The largest absolute Gasteiger partial charge is 4.00 e. The Kier molecular flexibility index (Phi) is 16.7. The maximum Gasteiger partial charge on any atom is 4.00 e. The third-order valence-electron chi connectivity index (χ3n) is 13.6. The van der Waals surface area contributed by atoms with E-state index in [1.54, 1.807) is 10.9 Å². The molecule has 0 amide bonds. The zero-order chi connectivity index (χ0) is 30.2. The van der Waals surface area contributed by atoms with Gasteiger partial charge in [-0.1, -0.05) is 178 Å². The molecule has 0 nitrogen and oxygen atoms in total. The molecule has 10 atom stereocenters. The molecule has 0 bridgehead atoms. The second-order valence-electron chi connectivity index (χ2n) is 15.7. The third-order valence-corrected chi connectivity index (χ3v) is 27.8. The Morgan fingerprint density at radius 3 is 1.96 bits per heavy atom. The molecule has 10 unspecified atom stereocenters. The molecule has 4 aromatic rings. The van der Waals surface area contributed by atoms with Gasteiger partial charge in [-0.15, -0.1) is 0 Å². The number of rotatable bonds is 9. The minimum atomic E-state index is -1.26. The van der Waals surface area contributed by atoms with Crippen molar-refractivity contribution in [1.82, 2.24) is 0 Å². The van der Waals surface area contributed by atoms with Crippen molar-refractivity contribution in [2.45, 2.75) is 101 Å². The predicted octanol–water partition coefficient (Wildman–Crippen LogP) is 11.6. The summed E-state index contributed by atoms with van der Waals surface area (Å²) in [4.78, 5) is 0. The fraction of sp³-hybridized carbons (Fsp3) is 0.447. The number of fused-ring (bicyclic) bond motifs is 3. The summed E-state index contributed by atoms with van der Waals surface area (Å²) in [6.45, 7) is 2.38. The maximum absolute atomic E-state index is 2.61. The maximum atomic E-state index is 2.61. The molecule has 0 saturated heterocycles. The molecule has 266 valence electrons. The monoisotopic (exact) mass is 776 g/mol. The van der Waals surface area contributed by atoms with Gasteiger partial charge in [0.25, 0.3) is 0 Å². The van der Waals surface area contributed by atoms with Crippen LogP contribution in [0.3, 0.4) is 0 Å². The topological polar surface area (TPSA) is 0 Å². The molecule has 4 aliphatic rings. The van der Waals surface area contributed by atoms with Crippen molar-refractivity contribution >= 4 is 37.8 Å². The summed E-state index contributed by atoms with van der Waals surface area (Å²) in [5.74, 6) is 5.41. The Labute approximate surface area is 330 Å². The summed E-state index contributed by atoms with van der Waals surface area (Å²) in [6.07, 6.45) is 17.7. The van der Waals surface area contributed by atoms with E-state index in [9.17, 15) is 0 Å². The quantitative estimate of drug-likeness (QED) is 0.117. The van der Waals surface area contributed by atoms with Gasteiger partial charge >= 0.3 is 26.2 Å². The average Bonchev–Trinajstić information content (AvgIpc) is 3.86. The van der Waals surface area contributed by atoms with E-state index in [0.717, 1.165) is 46.6 Å². The Balaban J connectivity index is 0.00000135. The molecule has 0 heterocycles. The van der Waals surface area contributed by atoms with Gasteiger partial charge in [0.2, 0.25) is 0 Å². The Bertz CT molecular complexity index is 1550. The Morgan fingerprint density at radius 2 is 1.24 bits per heavy atom. The Morgan fingerprint density at radius 1 is 0.580 bits per heavy atom. The summed E-state index contributed by atoms with van der Waals surface area (Å²) < 4.78 is 0. The van der Waals surface area contributed by atoms with Gasteiger partial charge in [0.1, 0.15) is 0 Å². The summed E-state index contributed by atoms with van der Waals surface area (Å²) in [5, 5.41) is 6.66. The van der Waals surface area contributed by atoms with Crippen molar-refractivity contribution < 1.29 is 26.2 Å². The molecule has 4 saturated carbocycles. The van der Waals surface area contributed by atoms with E-state index in [1.165, 1.54) is 82.4 Å². The molecule has 4 aliphatic carbocycles. The fourth-order valence-corrected chi connectivity index (χ4v) is 28.6. The van der Waals surface area contributed by atoms with E-state index in [0.29, 0.717) is 0 Å². The smallest absolute Gasteiger partial charge is 0.358 e. The van der Waals surface area contributed by atoms with Crippen LogP contribution in [-0.4, -0.2) is 16.6 Å². The first-order chi connectivity index (χ1) is 22.3. The summed E-state index contributed by atoms with van der Waals surface area (Å²) in [5.41, 5.74) is 3.69. The van der Waals surface area contributed by atoms with E-state index in [4.69, 9.17) is 0 Å². The van der Waals surface area contributed by atoms with Gasteiger partial charge in [0.15, 0.2) is 0 Å². The molecule has 4 aromatic carbocycles. The van der Waals surface area contributed by atoms with E-state index in [-0.39, 0.29) is 55.9 Å². The minimum absolute atomic E-state index is 0. The first-order valence-electron chi connectivity index (χ1n) is 18.9. The van der Waals surface area contributed by atoms with Crippen LogP contribution in [0.2, 0.25) is 11.1 Å². The zero-order valence-electron chi connectivity index (χ0n) is 32.1. The van der Waals surface area contributed by atoms with Crippen LogP contribution in [-0.2, 0) is 26.2 Å². The normalized spacial score (nSPS) is 29.1. The van der Waals surface area contributed by atoms with Gasteiger partial charge in [0, 0.05) is 0 Å². The Hall–Kier alpha value is -1.54. The second-order valence-corrected chi connectivity index (χ2v) is 25.3. The van der Waals surface area contributed by atoms with Crippen molar-refractivity contribution in [3.8, 4) is 0 Å². The van der Waals surface area contributed by atoms with Crippen LogP contribution in [0.4, 0.5) is 0 Å². The van der Waals surface area contributed by atoms with Crippen LogP contribution >= 0.6 is 0 Å². The number of unbranched alkanes of at least 4 members (excludes halogenated alkanes) is 1. The van der Waals surface area contributed by atoms with Crippen molar-refractivity contribution in [1.29, 1.82) is 0 Å². The van der Waals surface area contributed by atoms with Crippen LogP contribution in [0.5, 0.6) is 0 Å². The molecule has 8 rings (SSSR count). The molecular formula is C47H66Si2Zr. The number of hydrogen-bond acceptors (Lipinski definition) is 0. The van der Waals surface area contributed by atoms with Gasteiger partial charge in [-0.2, -0.15) is 0 Å². The molecule has 0 spiro atoms. The first kappa shape index (κ1) is 42.9. The van der Waals surface area contributed by atoms with Gasteiger partial charge in [0.05, 0.1) is 16.6 Å². The van der Waals surface area contributed by atoms with Crippen molar-refractivity contribution in [2.24, 2.45) is 29.6 Å². The van der Waals surface area contributed by atoms with E-state index in [1.807, 2.05) is 10.4 Å². The third kappa shape index (κ3) is 8.31. The second kappa shape index (κ2) is 19.5. The van der Waals surface area contributed by atoms with Gasteiger partial charge in [-0.25, -0.2) is 0 Å². The molecular weight excluding hydrogens is 712 g/mol. The summed E-state index contributed by atoms with van der Waals surface area (Å²) in [6, 6.07) is 41.1. The van der Waals surface area contributed by atoms with E-state index >= 15 is 0 Å². The standard InChI is InChI=1S/C43H54Si2.4CH3.Zr/c1-2-3-14-31-25-26-36(29-31)44(34-18-6-4-7-19-34)45(35-20-8-5-9-21-35)42-28-27-40-41(42)30-33-17-13-23-38(33)43(40)39-24-12-16-32-15-10-11-22-37(32)39;;;;;/h4-12,15-16,18-22,24,31,33,36,38,40-45H,2-3,13-14,17,23,25-30H2,1H3;4*1H3;/q;4*-1;+4. The molecule has 4 fully saturated rings. The SMILES string of the molecule is CCCCC1CCC([SiH](c2ccccc2)[SiH](c2ccccc2)C2CCC3C2CC2CCCC2C3c2cccc3ccccc23)C1.[CH3-].[CH3-].[CH3-].[CH3-].[Zr+4].